The molecule has 98 valence electrons. The monoisotopic (exact) mass is 311 g/mol. The van der Waals surface area contributed by atoms with E-state index in [4.69, 9.17) is 4.74 Å². The van der Waals surface area contributed by atoms with Gasteiger partial charge in [-0.25, -0.2) is 0 Å². The van der Waals surface area contributed by atoms with Crippen LogP contribution in [0.25, 0.3) is 0 Å². The van der Waals surface area contributed by atoms with Crippen molar-refractivity contribution in [2.75, 3.05) is 19.7 Å². The zero-order valence-corrected chi connectivity index (χ0v) is 12.1. The molecule has 0 saturated heterocycles. The fraction of sp³-hybridized carbons (Fsp3) is 0.357. The number of carbonyl (C=O) groups is 1. The van der Waals surface area contributed by atoms with Crippen LogP contribution in [0.1, 0.15) is 12.5 Å². The molecule has 0 aromatic heterocycles. The third-order valence-electron chi connectivity index (χ3n) is 2.36. The van der Waals surface area contributed by atoms with Crippen molar-refractivity contribution in [1.29, 1.82) is 0 Å². The molecule has 3 nitrogen and oxygen atoms in total. The number of hydrogen-bond donors (Lipinski definition) is 0. The molecule has 0 N–H and O–H groups in total. The summed E-state index contributed by atoms with van der Waals surface area (Å²) in [5.74, 6) is -0.198. The number of benzene rings is 1. The Labute approximate surface area is 117 Å². The van der Waals surface area contributed by atoms with E-state index in [1.807, 2.05) is 36.1 Å². The Morgan fingerprint density at radius 1 is 1.44 bits per heavy atom. The van der Waals surface area contributed by atoms with Crippen molar-refractivity contribution < 1.29 is 9.53 Å². The van der Waals surface area contributed by atoms with Crippen molar-refractivity contribution in [3.63, 3.8) is 0 Å². The lowest BCUT2D eigenvalue weighted by Gasteiger charge is -2.19. The van der Waals surface area contributed by atoms with Gasteiger partial charge in [0.25, 0.3) is 0 Å². The molecule has 0 radical (unpaired) electrons. The van der Waals surface area contributed by atoms with Crippen LogP contribution < -0.4 is 0 Å². The van der Waals surface area contributed by atoms with E-state index in [0.29, 0.717) is 19.7 Å². The van der Waals surface area contributed by atoms with Crippen molar-refractivity contribution in [1.82, 2.24) is 4.90 Å². The molecule has 18 heavy (non-hydrogen) atoms. The summed E-state index contributed by atoms with van der Waals surface area (Å²) in [5.41, 5.74) is 1.16. The van der Waals surface area contributed by atoms with E-state index in [1.165, 1.54) is 0 Å². The van der Waals surface area contributed by atoms with Crippen molar-refractivity contribution in [3.05, 3.63) is 47.0 Å². The number of esters is 1. The van der Waals surface area contributed by atoms with Crippen LogP contribution in [0.15, 0.2) is 41.4 Å². The molecule has 4 heteroatoms. The van der Waals surface area contributed by atoms with Gasteiger partial charge in [-0.05, 0) is 24.6 Å². The minimum atomic E-state index is -0.198. The number of nitrogens with zero attached hydrogens (tertiary/aromatic N) is 1. The summed E-state index contributed by atoms with van der Waals surface area (Å²) in [7, 11) is 0. The zero-order chi connectivity index (χ0) is 13.4. The maximum atomic E-state index is 11.5. The van der Waals surface area contributed by atoms with Gasteiger partial charge in [0.15, 0.2) is 0 Å². The summed E-state index contributed by atoms with van der Waals surface area (Å²) in [6, 6.07) is 8.05. The van der Waals surface area contributed by atoms with E-state index in [-0.39, 0.29) is 12.5 Å². The summed E-state index contributed by atoms with van der Waals surface area (Å²) in [4.78, 5) is 13.5. The molecule has 0 unspecified atom stereocenters. The molecule has 0 aliphatic rings. The molecule has 1 aromatic rings. The van der Waals surface area contributed by atoms with E-state index in [9.17, 15) is 4.79 Å². The topological polar surface area (TPSA) is 29.5 Å². The molecule has 0 atom stereocenters. The standard InChI is InChI=1S/C14H18BrNO2/c1-3-9-16(11-14(17)18-4-2)10-12-5-7-13(15)8-6-12/h3,5-8H,1,4,9-11H2,2H3. The van der Waals surface area contributed by atoms with Crippen LogP contribution in [0.5, 0.6) is 0 Å². The van der Waals surface area contributed by atoms with E-state index < -0.39 is 0 Å². The second-order valence-corrected chi connectivity index (χ2v) is 4.81. The van der Waals surface area contributed by atoms with Gasteiger partial charge in [0.05, 0.1) is 13.2 Å². The van der Waals surface area contributed by atoms with Gasteiger partial charge in [-0.15, -0.1) is 6.58 Å². The van der Waals surface area contributed by atoms with Crippen LogP contribution in [0, 0.1) is 0 Å². The lowest BCUT2D eigenvalue weighted by molar-refractivity contribution is -0.144. The zero-order valence-electron chi connectivity index (χ0n) is 10.6. The average Bonchev–Trinajstić information content (AvgIpc) is 2.32. The van der Waals surface area contributed by atoms with Crippen molar-refractivity contribution in [3.8, 4) is 0 Å². The Morgan fingerprint density at radius 3 is 2.67 bits per heavy atom. The fourth-order valence-corrected chi connectivity index (χ4v) is 1.87. The fourth-order valence-electron chi connectivity index (χ4n) is 1.60. The first-order chi connectivity index (χ1) is 8.65. The van der Waals surface area contributed by atoms with Gasteiger partial charge in [-0.1, -0.05) is 34.1 Å². The van der Waals surface area contributed by atoms with Gasteiger partial charge >= 0.3 is 5.97 Å². The average molecular weight is 312 g/mol. The second-order valence-electron chi connectivity index (χ2n) is 3.89. The first-order valence-corrected chi connectivity index (χ1v) is 6.68. The maximum Gasteiger partial charge on any atom is 0.320 e. The highest BCUT2D eigenvalue weighted by Gasteiger charge is 2.10. The minimum Gasteiger partial charge on any atom is -0.465 e. The normalized spacial score (nSPS) is 10.4. The number of halogens is 1. The highest BCUT2D eigenvalue weighted by molar-refractivity contribution is 9.10. The van der Waals surface area contributed by atoms with Crippen LogP contribution >= 0.6 is 15.9 Å². The minimum absolute atomic E-state index is 0.198. The quantitative estimate of drug-likeness (QED) is 0.572. The number of ether oxygens (including phenoxy) is 1. The van der Waals surface area contributed by atoms with E-state index >= 15 is 0 Å². The molecule has 0 bridgehead atoms. The summed E-state index contributed by atoms with van der Waals surface area (Å²) in [5, 5.41) is 0. The molecular formula is C14H18BrNO2. The SMILES string of the molecule is C=CCN(CC(=O)OCC)Cc1ccc(Br)cc1. The Morgan fingerprint density at radius 2 is 2.11 bits per heavy atom. The first-order valence-electron chi connectivity index (χ1n) is 5.89. The first kappa shape index (κ1) is 14.9. The van der Waals surface area contributed by atoms with Crippen LogP contribution in [-0.2, 0) is 16.1 Å². The Hall–Kier alpha value is -1.13. The number of hydrogen-bond acceptors (Lipinski definition) is 3. The van der Waals surface area contributed by atoms with Gasteiger partial charge < -0.3 is 4.74 Å². The van der Waals surface area contributed by atoms with Crippen LogP contribution in [0.4, 0.5) is 0 Å². The Bertz CT molecular complexity index is 389. The van der Waals surface area contributed by atoms with E-state index in [0.717, 1.165) is 10.0 Å². The van der Waals surface area contributed by atoms with Crippen molar-refractivity contribution in [2.45, 2.75) is 13.5 Å². The smallest absolute Gasteiger partial charge is 0.320 e. The Balaban J connectivity index is 2.59. The third-order valence-corrected chi connectivity index (χ3v) is 2.89. The lowest BCUT2D eigenvalue weighted by atomic mass is 10.2. The number of rotatable bonds is 7. The second kappa shape index (κ2) is 8.06. The molecular weight excluding hydrogens is 294 g/mol. The van der Waals surface area contributed by atoms with Crippen LogP contribution in [-0.4, -0.2) is 30.6 Å². The predicted molar refractivity (Wildman–Crippen MR) is 76.2 cm³/mol. The largest absolute Gasteiger partial charge is 0.465 e. The molecule has 0 aliphatic carbocycles. The van der Waals surface area contributed by atoms with Gasteiger partial charge in [0.2, 0.25) is 0 Å². The lowest BCUT2D eigenvalue weighted by Crippen LogP contribution is -2.30. The summed E-state index contributed by atoms with van der Waals surface area (Å²) in [6.07, 6.45) is 1.79. The third kappa shape index (κ3) is 5.47. The predicted octanol–water partition coefficient (Wildman–Crippen LogP) is 3.00. The highest BCUT2D eigenvalue weighted by Crippen LogP contribution is 2.12. The van der Waals surface area contributed by atoms with Gasteiger partial charge in [0.1, 0.15) is 0 Å². The summed E-state index contributed by atoms with van der Waals surface area (Å²) < 4.78 is 6.00. The molecule has 1 aromatic carbocycles. The van der Waals surface area contributed by atoms with E-state index in [2.05, 4.69) is 22.5 Å². The molecule has 0 amide bonds. The Kier molecular flexibility index (Phi) is 6.68. The molecule has 0 fully saturated rings. The van der Waals surface area contributed by atoms with Crippen LogP contribution in [0.2, 0.25) is 0 Å². The molecule has 1 rings (SSSR count). The van der Waals surface area contributed by atoms with Crippen LogP contribution in [0.3, 0.4) is 0 Å². The van der Waals surface area contributed by atoms with Crippen molar-refractivity contribution in [2.24, 2.45) is 0 Å². The molecule has 0 saturated carbocycles. The van der Waals surface area contributed by atoms with Gasteiger partial charge in [-0.2, -0.15) is 0 Å². The summed E-state index contributed by atoms with van der Waals surface area (Å²) in [6.45, 7) is 7.59. The highest BCUT2D eigenvalue weighted by atomic mass is 79.9. The van der Waals surface area contributed by atoms with E-state index in [1.54, 1.807) is 6.08 Å². The molecule has 0 spiro atoms. The van der Waals surface area contributed by atoms with Gasteiger partial charge in [-0.3, -0.25) is 9.69 Å². The number of carbonyl (C=O) groups excluding carboxylic acids is 1. The van der Waals surface area contributed by atoms with Crippen molar-refractivity contribution >= 4 is 21.9 Å². The summed E-state index contributed by atoms with van der Waals surface area (Å²) >= 11 is 3.40. The van der Waals surface area contributed by atoms with Gasteiger partial charge in [0, 0.05) is 17.6 Å². The maximum absolute atomic E-state index is 11.5. The molecule has 0 heterocycles. The molecule has 0 aliphatic heterocycles.